The number of anilines is 1. The summed E-state index contributed by atoms with van der Waals surface area (Å²) in [5.41, 5.74) is 8.90. The van der Waals surface area contributed by atoms with E-state index in [4.69, 9.17) is 28.9 Å². The van der Waals surface area contributed by atoms with Gasteiger partial charge in [0, 0.05) is 16.3 Å². The van der Waals surface area contributed by atoms with Crippen molar-refractivity contribution in [3.8, 4) is 11.4 Å². The van der Waals surface area contributed by atoms with Gasteiger partial charge in [-0.05, 0) is 36.4 Å². The fraction of sp³-hybridized carbons (Fsp3) is 0. The Morgan fingerprint density at radius 1 is 1.06 bits per heavy atom. The monoisotopic (exact) mass is 277 g/mol. The van der Waals surface area contributed by atoms with Crippen molar-refractivity contribution in [2.45, 2.75) is 0 Å². The molecule has 0 aliphatic carbocycles. The van der Waals surface area contributed by atoms with Gasteiger partial charge in [0.05, 0.1) is 16.1 Å². The van der Waals surface area contributed by atoms with Gasteiger partial charge < -0.3 is 10.7 Å². The fourth-order valence-electron chi connectivity index (χ4n) is 1.83. The van der Waals surface area contributed by atoms with Crippen LogP contribution in [0.1, 0.15) is 0 Å². The quantitative estimate of drug-likeness (QED) is 0.658. The van der Waals surface area contributed by atoms with Gasteiger partial charge in [0.1, 0.15) is 5.82 Å². The highest BCUT2D eigenvalue weighted by molar-refractivity contribution is 6.33. The molecule has 18 heavy (non-hydrogen) atoms. The number of H-pyrrole nitrogens is 1. The zero-order valence-corrected chi connectivity index (χ0v) is 10.8. The van der Waals surface area contributed by atoms with Gasteiger partial charge in [-0.15, -0.1) is 0 Å². The molecule has 3 rings (SSSR count). The molecule has 0 unspecified atom stereocenters. The van der Waals surface area contributed by atoms with Crippen molar-refractivity contribution >= 4 is 39.9 Å². The van der Waals surface area contributed by atoms with Gasteiger partial charge in [-0.3, -0.25) is 0 Å². The van der Waals surface area contributed by atoms with Crippen molar-refractivity contribution in [3.05, 3.63) is 46.4 Å². The summed E-state index contributed by atoms with van der Waals surface area (Å²) >= 11 is 12.1. The van der Waals surface area contributed by atoms with Crippen LogP contribution in [0.4, 0.5) is 5.69 Å². The summed E-state index contributed by atoms with van der Waals surface area (Å²) < 4.78 is 0. The Kier molecular flexibility index (Phi) is 2.65. The number of imidazole rings is 1. The van der Waals surface area contributed by atoms with Gasteiger partial charge in [-0.1, -0.05) is 23.2 Å². The predicted molar refractivity (Wildman–Crippen MR) is 76.0 cm³/mol. The largest absolute Gasteiger partial charge is 0.399 e. The molecule has 0 saturated heterocycles. The van der Waals surface area contributed by atoms with Gasteiger partial charge in [-0.25, -0.2) is 4.98 Å². The summed E-state index contributed by atoms with van der Waals surface area (Å²) in [6, 6.07) is 10.8. The Labute approximate surface area is 114 Å². The Bertz CT molecular complexity index is 734. The highest BCUT2D eigenvalue weighted by Gasteiger charge is 2.09. The lowest BCUT2D eigenvalue weighted by molar-refractivity contribution is 1.34. The average Bonchev–Trinajstić information content (AvgIpc) is 2.74. The van der Waals surface area contributed by atoms with E-state index in [-0.39, 0.29) is 0 Å². The zero-order chi connectivity index (χ0) is 12.7. The second-order valence-corrected chi connectivity index (χ2v) is 4.83. The number of nitrogen functional groups attached to an aromatic ring is 1. The van der Waals surface area contributed by atoms with Crippen molar-refractivity contribution in [1.82, 2.24) is 9.97 Å². The normalized spacial score (nSPS) is 11.0. The molecule has 2 aromatic carbocycles. The summed E-state index contributed by atoms with van der Waals surface area (Å²) in [6.45, 7) is 0. The average molecular weight is 278 g/mol. The summed E-state index contributed by atoms with van der Waals surface area (Å²) in [5, 5.41) is 1.27. The van der Waals surface area contributed by atoms with Crippen molar-refractivity contribution in [2.24, 2.45) is 0 Å². The van der Waals surface area contributed by atoms with Crippen LogP contribution < -0.4 is 5.73 Å². The van der Waals surface area contributed by atoms with Crippen LogP contribution in [0.25, 0.3) is 22.4 Å². The number of nitrogens with two attached hydrogens (primary N) is 1. The van der Waals surface area contributed by atoms with E-state index >= 15 is 0 Å². The van der Waals surface area contributed by atoms with E-state index in [1.165, 1.54) is 0 Å². The van der Waals surface area contributed by atoms with E-state index in [2.05, 4.69) is 9.97 Å². The van der Waals surface area contributed by atoms with Crippen LogP contribution in [0.15, 0.2) is 36.4 Å². The van der Waals surface area contributed by atoms with Crippen LogP contribution in [0.2, 0.25) is 10.0 Å². The smallest absolute Gasteiger partial charge is 0.140 e. The van der Waals surface area contributed by atoms with E-state index in [1.807, 2.05) is 12.1 Å². The molecular weight excluding hydrogens is 269 g/mol. The minimum Gasteiger partial charge on any atom is -0.399 e. The van der Waals surface area contributed by atoms with Crippen LogP contribution in [0, 0.1) is 0 Å². The third-order valence-corrected chi connectivity index (χ3v) is 3.25. The first-order valence-corrected chi connectivity index (χ1v) is 6.10. The Hall–Kier alpha value is -1.71. The lowest BCUT2D eigenvalue weighted by atomic mass is 10.2. The molecule has 0 amide bonds. The van der Waals surface area contributed by atoms with Gasteiger partial charge in [0.25, 0.3) is 0 Å². The third kappa shape index (κ3) is 1.92. The molecule has 1 aromatic heterocycles. The van der Waals surface area contributed by atoms with Crippen LogP contribution in [-0.2, 0) is 0 Å². The minimum atomic E-state index is 0.606. The lowest BCUT2D eigenvalue weighted by Crippen LogP contribution is -1.87. The number of nitrogens with zero attached hydrogens (tertiary/aromatic N) is 1. The first-order chi connectivity index (χ1) is 8.63. The number of aromatic amines is 1. The number of hydrogen-bond acceptors (Lipinski definition) is 2. The summed E-state index contributed by atoms with van der Waals surface area (Å²) in [6.07, 6.45) is 0. The molecule has 3 N–H and O–H groups in total. The number of benzene rings is 2. The van der Waals surface area contributed by atoms with Crippen molar-refractivity contribution in [1.29, 1.82) is 0 Å². The molecule has 0 aliphatic heterocycles. The summed E-state index contributed by atoms with van der Waals surface area (Å²) in [5.74, 6) is 0.685. The lowest BCUT2D eigenvalue weighted by Gasteiger charge is -2.01. The zero-order valence-electron chi connectivity index (χ0n) is 9.24. The minimum absolute atomic E-state index is 0.606. The van der Waals surface area contributed by atoms with Crippen molar-refractivity contribution in [3.63, 3.8) is 0 Å². The second kappa shape index (κ2) is 4.19. The van der Waals surface area contributed by atoms with Gasteiger partial charge >= 0.3 is 0 Å². The third-order valence-electron chi connectivity index (χ3n) is 2.69. The first-order valence-electron chi connectivity index (χ1n) is 5.34. The van der Waals surface area contributed by atoms with Crippen molar-refractivity contribution < 1.29 is 0 Å². The number of aromatic nitrogens is 2. The molecule has 0 aliphatic rings. The Balaban J connectivity index is 2.22. The number of fused-ring (bicyclic) bond motifs is 1. The van der Waals surface area contributed by atoms with Gasteiger partial charge in [0.2, 0.25) is 0 Å². The highest BCUT2D eigenvalue weighted by Crippen LogP contribution is 2.29. The Morgan fingerprint density at radius 2 is 1.89 bits per heavy atom. The molecule has 5 heteroatoms. The molecule has 0 saturated carbocycles. The first kappa shape index (κ1) is 11.4. The second-order valence-electron chi connectivity index (χ2n) is 3.99. The maximum atomic E-state index is 6.15. The molecule has 0 fully saturated rings. The number of halogens is 2. The maximum Gasteiger partial charge on any atom is 0.140 e. The van der Waals surface area contributed by atoms with E-state index in [9.17, 15) is 0 Å². The number of hydrogen-bond donors (Lipinski definition) is 2. The predicted octanol–water partition coefficient (Wildman–Crippen LogP) is 4.12. The van der Waals surface area contributed by atoms with E-state index in [0.717, 1.165) is 16.6 Å². The topological polar surface area (TPSA) is 54.7 Å². The van der Waals surface area contributed by atoms with Gasteiger partial charge in [-0.2, -0.15) is 0 Å². The van der Waals surface area contributed by atoms with E-state index < -0.39 is 0 Å². The molecule has 3 nitrogen and oxygen atoms in total. The van der Waals surface area contributed by atoms with Crippen LogP contribution in [-0.4, -0.2) is 9.97 Å². The molecule has 0 bridgehead atoms. The maximum absolute atomic E-state index is 6.15. The van der Waals surface area contributed by atoms with E-state index in [0.29, 0.717) is 21.6 Å². The van der Waals surface area contributed by atoms with Crippen LogP contribution >= 0.6 is 23.2 Å². The molecule has 1 heterocycles. The molecule has 0 atom stereocenters. The van der Waals surface area contributed by atoms with Crippen LogP contribution in [0.5, 0.6) is 0 Å². The van der Waals surface area contributed by atoms with Crippen molar-refractivity contribution in [2.75, 3.05) is 5.73 Å². The SMILES string of the molecule is Nc1ccc(Cl)c(-c2nc3ccc(Cl)cc3[nH]2)c1. The standard InChI is InChI=1S/C13H9Cl2N3/c14-7-1-4-11-12(5-7)18-13(17-11)9-6-8(16)2-3-10(9)15/h1-6H,16H2,(H,17,18). The number of nitrogens with one attached hydrogen (secondary N) is 1. The van der Waals surface area contributed by atoms with E-state index in [1.54, 1.807) is 24.3 Å². The highest BCUT2D eigenvalue weighted by atomic mass is 35.5. The fourth-order valence-corrected chi connectivity index (χ4v) is 2.21. The Morgan fingerprint density at radius 3 is 2.72 bits per heavy atom. The molecule has 0 spiro atoms. The molecule has 0 radical (unpaired) electrons. The molecular formula is C13H9Cl2N3. The summed E-state index contributed by atoms with van der Waals surface area (Å²) in [4.78, 5) is 7.66. The number of rotatable bonds is 1. The molecule has 3 aromatic rings. The summed E-state index contributed by atoms with van der Waals surface area (Å²) in [7, 11) is 0. The van der Waals surface area contributed by atoms with Gasteiger partial charge in [0.15, 0.2) is 0 Å². The molecule has 90 valence electrons. The van der Waals surface area contributed by atoms with Crippen LogP contribution in [0.3, 0.4) is 0 Å².